The Morgan fingerprint density at radius 2 is 2.35 bits per heavy atom. The quantitative estimate of drug-likeness (QED) is 0.771. The van der Waals surface area contributed by atoms with Crippen LogP contribution in [0.1, 0.15) is 16.8 Å². The predicted octanol–water partition coefficient (Wildman–Crippen LogP) is 0.531. The van der Waals surface area contributed by atoms with Gasteiger partial charge in [-0.25, -0.2) is 14.6 Å². The summed E-state index contributed by atoms with van der Waals surface area (Å²) >= 11 is 0. The molecule has 1 atom stereocenters. The molecule has 0 bridgehead atoms. The molecular formula is C11H12N2O4. The third kappa shape index (κ3) is 1.93. The van der Waals surface area contributed by atoms with Crippen molar-refractivity contribution in [1.29, 1.82) is 0 Å². The highest BCUT2D eigenvalue weighted by Crippen LogP contribution is 2.28. The monoisotopic (exact) mass is 236 g/mol. The summed E-state index contributed by atoms with van der Waals surface area (Å²) in [5, 5.41) is 9.03. The van der Waals surface area contributed by atoms with Gasteiger partial charge < -0.3 is 14.7 Å². The number of aromatic nitrogens is 1. The van der Waals surface area contributed by atoms with Gasteiger partial charge in [-0.05, 0) is 18.6 Å². The number of nitrogens with zero attached hydrogens (tertiary/aromatic N) is 2. The standard InChI is InChI=1S/C11H12N2O4/c1-17-11(16)8-4-6-13(8)9-7(10(14)15)3-2-5-12-9/h2-3,5,8H,4,6H2,1H3,(H,14,15). The van der Waals surface area contributed by atoms with Crippen molar-refractivity contribution in [3.63, 3.8) is 0 Å². The van der Waals surface area contributed by atoms with E-state index in [0.29, 0.717) is 18.8 Å². The molecule has 6 nitrogen and oxygen atoms in total. The number of carbonyl (C=O) groups excluding carboxylic acids is 1. The second-order valence-corrected chi connectivity index (χ2v) is 3.70. The maximum absolute atomic E-state index is 11.4. The smallest absolute Gasteiger partial charge is 0.339 e. The lowest BCUT2D eigenvalue weighted by Gasteiger charge is -2.40. The van der Waals surface area contributed by atoms with E-state index in [4.69, 9.17) is 5.11 Å². The molecule has 0 aromatic carbocycles. The lowest BCUT2D eigenvalue weighted by molar-refractivity contribution is -0.143. The Bertz CT molecular complexity index is 461. The van der Waals surface area contributed by atoms with Crippen LogP contribution in [0.15, 0.2) is 18.3 Å². The van der Waals surface area contributed by atoms with Crippen LogP contribution in [-0.4, -0.2) is 41.7 Å². The first-order valence-electron chi connectivity index (χ1n) is 5.18. The highest BCUT2D eigenvalue weighted by atomic mass is 16.5. The van der Waals surface area contributed by atoms with Crippen LogP contribution in [0.5, 0.6) is 0 Å². The highest BCUT2D eigenvalue weighted by Gasteiger charge is 2.37. The fourth-order valence-electron chi connectivity index (χ4n) is 1.81. The molecule has 1 aliphatic rings. The van der Waals surface area contributed by atoms with Crippen molar-refractivity contribution in [2.24, 2.45) is 0 Å². The van der Waals surface area contributed by atoms with Gasteiger partial charge in [-0.2, -0.15) is 0 Å². The third-order valence-electron chi connectivity index (χ3n) is 2.78. The second-order valence-electron chi connectivity index (χ2n) is 3.70. The first-order valence-corrected chi connectivity index (χ1v) is 5.18. The van der Waals surface area contributed by atoms with Gasteiger partial charge in [0.25, 0.3) is 0 Å². The molecule has 1 aliphatic heterocycles. The van der Waals surface area contributed by atoms with Crippen LogP contribution in [-0.2, 0) is 9.53 Å². The van der Waals surface area contributed by atoms with Gasteiger partial charge >= 0.3 is 11.9 Å². The summed E-state index contributed by atoms with van der Waals surface area (Å²) in [4.78, 5) is 28.1. The number of rotatable bonds is 3. The van der Waals surface area contributed by atoms with E-state index in [2.05, 4.69) is 9.72 Å². The molecule has 0 amide bonds. The molecule has 17 heavy (non-hydrogen) atoms. The first-order chi connectivity index (χ1) is 8.15. The van der Waals surface area contributed by atoms with E-state index in [1.54, 1.807) is 11.0 Å². The van der Waals surface area contributed by atoms with Crippen LogP contribution in [0.25, 0.3) is 0 Å². The third-order valence-corrected chi connectivity index (χ3v) is 2.78. The number of anilines is 1. The molecular weight excluding hydrogens is 224 g/mol. The Labute approximate surface area is 97.8 Å². The normalized spacial score (nSPS) is 18.4. The zero-order valence-corrected chi connectivity index (χ0v) is 9.29. The minimum atomic E-state index is -1.05. The number of carboxylic acid groups (broad SMARTS) is 1. The van der Waals surface area contributed by atoms with Gasteiger partial charge in [0.05, 0.1) is 7.11 Å². The van der Waals surface area contributed by atoms with Gasteiger partial charge in [0.2, 0.25) is 0 Å². The SMILES string of the molecule is COC(=O)C1CCN1c1ncccc1C(=O)O. The molecule has 0 aliphatic carbocycles. The molecule has 1 fully saturated rings. The summed E-state index contributed by atoms with van der Waals surface area (Å²) in [7, 11) is 1.31. The molecule has 1 unspecified atom stereocenters. The largest absolute Gasteiger partial charge is 0.478 e. The Balaban J connectivity index is 2.29. The Morgan fingerprint density at radius 3 is 2.88 bits per heavy atom. The maximum Gasteiger partial charge on any atom is 0.339 e. The maximum atomic E-state index is 11.4. The second kappa shape index (κ2) is 4.40. The average Bonchev–Trinajstić information content (AvgIpc) is 2.28. The topological polar surface area (TPSA) is 79.7 Å². The number of esters is 1. The van der Waals surface area contributed by atoms with E-state index in [0.717, 1.165) is 0 Å². The number of ether oxygens (including phenoxy) is 1. The molecule has 90 valence electrons. The number of carbonyl (C=O) groups is 2. The number of aromatic carboxylic acids is 1. The fraction of sp³-hybridized carbons (Fsp3) is 0.364. The van der Waals surface area contributed by atoms with Crippen LogP contribution in [0.2, 0.25) is 0 Å². The van der Waals surface area contributed by atoms with E-state index in [1.807, 2.05) is 0 Å². The molecule has 0 saturated carbocycles. The summed E-state index contributed by atoms with van der Waals surface area (Å²) in [6.07, 6.45) is 2.16. The van der Waals surface area contributed by atoms with Gasteiger partial charge in [-0.3, -0.25) is 0 Å². The van der Waals surface area contributed by atoms with Gasteiger partial charge in [-0.1, -0.05) is 0 Å². The lowest BCUT2D eigenvalue weighted by atomic mass is 10.0. The lowest BCUT2D eigenvalue weighted by Crippen LogP contribution is -2.53. The first kappa shape index (κ1) is 11.4. The molecule has 1 aromatic rings. The number of pyridine rings is 1. The van der Waals surface area contributed by atoms with Crippen molar-refractivity contribution in [1.82, 2.24) is 4.98 Å². The number of methoxy groups -OCH3 is 1. The van der Waals surface area contributed by atoms with Crippen LogP contribution >= 0.6 is 0 Å². The van der Waals surface area contributed by atoms with Crippen LogP contribution in [0.3, 0.4) is 0 Å². The zero-order valence-electron chi connectivity index (χ0n) is 9.29. The summed E-state index contributed by atoms with van der Waals surface area (Å²) in [6.45, 7) is 0.608. The Hall–Kier alpha value is -2.11. The van der Waals surface area contributed by atoms with E-state index in [-0.39, 0.29) is 11.5 Å². The van der Waals surface area contributed by atoms with Gasteiger partial charge in [0, 0.05) is 12.7 Å². The minimum Gasteiger partial charge on any atom is -0.478 e. The van der Waals surface area contributed by atoms with E-state index < -0.39 is 12.0 Å². The van der Waals surface area contributed by atoms with Crippen LogP contribution in [0.4, 0.5) is 5.82 Å². The molecule has 0 radical (unpaired) electrons. The van der Waals surface area contributed by atoms with Crippen LogP contribution < -0.4 is 4.90 Å². The van der Waals surface area contributed by atoms with Crippen LogP contribution in [0, 0.1) is 0 Å². The molecule has 2 heterocycles. The van der Waals surface area contributed by atoms with Crippen molar-refractivity contribution in [2.45, 2.75) is 12.5 Å². The van der Waals surface area contributed by atoms with Crippen molar-refractivity contribution < 1.29 is 19.4 Å². The summed E-state index contributed by atoms with van der Waals surface area (Å²) in [5.41, 5.74) is 0.0982. The molecule has 6 heteroatoms. The number of hydrogen-bond donors (Lipinski definition) is 1. The predicted molar refractivity (Wildman–Crippen MR) is 59.0 cm³/mol. The molecule has 1 saturated heterocycles. The molecule has 1 aromatic heterocycles. The van der Waals surface area contributed by atoms with Gasteiger partial charge in [-0.15, -0.1) is 0 Å². The van der Waals surface area contributed by atoms with E-state index in [1.165, 1.54) is 19.4 Å². The Morgan fingerprint density at radius 1 is 1.59 bits per heavy atom. The fourth-order valence-corrected chi connectivity index (χ4v) is 1.81. The summed E-state index contributed by atoms with van der Waals surface area (Å²) < 4.78 is 4.65. The average molecular weight is 236 g/mol. The number of hydrogen-bond acceptors (Lipinski definition) is 5. The Kier molecular flexibility index (Phi) is 2.95. The van der Waals surface area contributed by atoms with Gasteiger partial charge in [0.1, 0.15) is 17.4 Å². The van der Waals surface area contributed by atoms with Gasteiger partial charge in [0.15, 0.2) is 0 Å². The summed E-state index contributed by atoms with van der Waals surface area (Å²) in [6, 6.07) is 2.60. The van der Waals surface area contributed by atoms with E-state index >= 15 is 0 Å². The highest BCUT2D eigenvalue weighted by molar-refractivity contribution is 5.94. The molecule has 2 rings (SSSR count). The van der Waals surface area contributed by atoms with Crippen molar-refractivity contribution in [2.75, 3.05) is 18.6 Å². The minimum absolute atomic E-state index is 0.0982. The number of carboxylic acids is 1. The van der Waals surface area contributed by atoms with Crippen molar-refractivity contribution >= 4 is 17.8 Å². The van der Waals surface area contributed by atoms with E-state index in [9.17, 15) is 9.59 Å². The zero-order chi connectivity index (χ0) is 12.4. The summed E-state index contributed by atoms with van der Waals surface area (Å²) in [5.74, 6) is -1.09. The van der Waals surface area contributed by atoms with Crippen molar-refractivity contribution in [3.8, 4) is 0 Å². The van der Waals surface area contributed by atoms with Crippen molar-refractivity contribution in [3.05, 3.63) is 23.9 Å². The molecule has 1 N–H and O–H groups in total. The molecule has 0 spiro atoms.